The van der Waals surface area contributed by atoms with Gasteiger partial charge in [-0.15, -0.1) is 0 Å². The predicted molar refractivity (Wildman–Crippen MR) is 107 cm³/mol. The van der Waals surface area contributed by atoms with E-state index in [-0.39, 0.29) is 11.1 Å². The van der Waals surface area contributed by atoms with Crippen molar-refractivity contribution in [2.24, 2.45) is 0 Å². The van der Waals surface area contributed by atoms with Crippen molar-refractivity contribution in [3.05, 3.63) is 59.1 Å². The van der Waals surface area contributed by atoms with Gasteiger partial charge in [-0.3, -0.25) is 4.79 Å². The monoisotopic (exact) mass is 413 g/mol. The molecule has 2 saturated carbocycles. The number of amides is 1. The summed E-state index contributed by atoms with van der Waals surface area (Å²) in [6, 6.07) is 10.2. The molecule has 2 fully saturated rings. The zero-order valence-electron chi connectivity index (χ0n) is 15.9. The highest BCUT2D eigenvalue weighted by molar-refractivity contribution is 7.90. The maximum Gasteiger partial charge on any atom is 0.328 e. The van der Waals surface area contributed by atoms with Crippen LogP contribution in [0, 0.1) is 5.82 Å². The molecule has 7 heteroatoms. The summed E-state index contributed by atoms with van der Waals surface area (Å²) in [6.07, 6.45) is 4.30. The summed E-state index contributed by atoms with van der Waals surface area (Å²) in [6.45, 7) is 0. The predicted octanol–water partition coefficient (Wildman–Crippen LogP) is 4.79. The molecule has 1 unspecified atom stereocenters. The molecule has 0 aliphatic heterocycles. The average molecular weight is 413 g/mol. The summed E-state index contributed by atoms with van der Waals surface area (Å²) in [4.78, 5) is 13.0. The molecular weight excluding hydrogens is 393 g/mol. The second kappa shape index (κ2) is 7.07. The standard InChI is InChI=1S/C22H20FNO4S/c1-27-18-7-6-14(12-2-3-12)10-21(18)29(26)24-22(25)20-11-16-17(23)8-15(13-4-5-13)9-19(16)28-20/h6-13H,2-5H2,1H3,(H,24,25). The third-order valence-corrected chi connectivity index (χ3v) is 6.59. The van der Waals surface area contributed by atoms with Crippen LogP contribution in [0.25, 0.3) is 11.0 Å². The molecule has 1 N–H and O–H groups in total. The van der Waals surface area contributed by atoms with E-state index in [0.717, 1.165) is 36.8 Å². The van der Waals surface area contributed by atoms with E-state index in [9.17, 15) is 13.7 Å². The molecule has 3 aromatic rings. The molecule has 2 aliphatic carbocycles. The number of benzene rings is 2. The lowest BCUT2D eigenvalue weighted by Gasteiger charge is -2.13. The summed E-state index contributed by atoms with van der Waals surface area (Å²) in [5, 5.41) is 0.249. The van der Waals surface area contributed by atoms with Gasteiger partial charge < -0.3 is 13.7 Å². The molecule has 29 heavy (non-hydrogen) atoms. The number of methoxy groups -OCH3 is 1. The Morgan fingerprint density at radius 2 is 1.86 bits per heavy atom. The fraction of sp³-hybridized carbons (Fsp3) is 0.318. The van der Waals surface area contributed by atoms with Gasteiger partial charge in [-0.25, -0.2) is 4.39 Å². The Morgan fingerprint density at radius 1 is 1.14 bits per heavy atom. The number of hydrogen-bond acceptors (Lipinski definition) is 4. The molecule has 1 atom stereocenters. The molecule has 0 radical (unpaired) electrons. The van der Waals surface area contributed by atoms with Gasteiger partial charge in [-0.05, 0) is 66.8 Å². The van der Waals surface area contributed by atoms with Gasteiger partial charge in [-0.1, -0.05) is 6.07 Å². The van der Waals surface area contributed by atoms with Crippen LogP contribution >= 0.6 is 0 Å². The first-order valence-corrected chi connectivity index (χ1v) is 10.8. The zero-order valence-corrected chi connectivity index (χ0v) is 16.7. The van der Waals surface area contributed by atoms with E-state index in [1.165, 1.54) is 19.2 Å². The van der Waals surface area contributed by atoms with Crippen molar-refractivity contribution in [2.45, 2.75) is 42.4 Å². The van der Waals surface area contributed by atoms with Crippen molar-refractivity contribution in [1.82, 2.24) is 4.72 Å². The van der Waals surface area contributed by atoms with Crippen molar-refractivity contribution >= 4 is 28.2 Å². The topological polar surface area (TPSA) is 74.5 Å². The SMILES string of the molecule is COc1ccc(C2CC2)cc1[S+]([O-])NC(=O)c1cc2c(F)cc(C3CC3)cc2o1. The van der Waals surface area contributed by atoms with E-state index in [1.807, 2.05) is 12.1 Å². The van der Waals surface area contributed by atoms with Crippen LogP contribution in [-0.4, -0.2) is 17.6 Å². The minimum absolute atomic E-state index is 0.0717. The average Bonchev–Trinajstić information content (AvgIpc) is 3.64. The molecule has 0 saturated heterocycles. The van der Waals surface area contributed by atoms with Gasteiger partial charge in [0.25, 0.3) is 0 Å². The number of nitrogens with one attached hydrogen (secondary N) is 1. The van der Waals surface area contributed by atoms with E-state index in [4.69, 9.17) is 9.15 Å². The highest BCUT2D eigenvalue weighted by atomic mass is 32.2. The van der Waals surface area contributed by atoms with Gasteiger partial charge >= 0.3 is 5.91 Å². The minimum Gasteiger partial charge on any atom is -0.588 e. The summed E-state index contributed by atoms with van der Waals surface area (Å²) in [7, 11) is 1.49. The van der Waals surface area contributed by atoms with Gasteiger partial charge in [0.15, 0.2) is 11.5 Å². The first-order valence-electron chi connectivity index (χ1n) is 9.67. The summed E-state index contributed by atoms with van der Waals surface area (Å²) < 4.78 is 40.5. The Bertz CT molecular complexity index is 1100. The highest BCUT2D eigenvalue weighted by Gasteiger charge is 2.30. The van der Waals surface area contributed by atoms with Crippen LogP contribution in [0.4, 0.5) is 4.39 Å². The summed E-state index contributed by atoms with van der Waals surface area (Å²) in [5.41, 5.74) is 2.31. The third-order valence-electron chi connectivity index (χ3n) is 5.50. The van der Waals surface area contributed by atoms with Crippen LogP contribution in [0.2, 0.25) is 0 Å². The first kappa shape index (κ1) is 18.5. The molecule has 5 nitrogen and oxygen atoms in total. The number of halogens is 1. The number of furan rings is 1. The third kappa shape index (κ3) is 3.60. The van der Waals surface area contributed by atoms with Crippen molar-refractivity contribution in [2.75, 3.05) is 7.11 Å². The normalized spacial score (nSPS) is 17.3. The number of carbonyl (C=O) groups excluding carboxylic acids is 1. The van der Waals surface area contributed by atoms with E-state index in [2.05, 4.69) is 4.72 Å². The molecule has 1 heterocycles. The van der Waals surface area contributed by atoms with Crippen LogP contribution in [0.5, 0.6) is 5.75 Å². The fourth-order valence-electron chi connectivity index (χ4n) is 3.58. The lowest BCUT2D eigenvalue weighted by Crippen LogP contribution is -2.30. The lowest BCUT2D eigenvalue weighted by molar-refractivity contribution is 0.0956. The van der Waals surface area contributed by atoms with Crippen molar-refractivity contribution < 1.29 is 22.9 Å². The molecule has 150 valence electrons. The van der Waals surface area contributed by atoms with Gasteiger partial charge in [0, 0.05) is 12.1 Å². The van der Waals surface area contributed by atoms with Crippen LogP contribution in [0.15, 0.2) is 45.7 Å². The van der Waals surface area contributed by atoms with E-state index in [0.29, 0.717) is 28.1 Å². The molecule has 1 aromatic heterocycles. The Kier molecular flexibility index (Phi) is 4.52. The van der Waals surface area contributed by atoms with Crippen LogP contribution in [-0.2, 0) is 11.4 Å². The second-order valence-electron chi connectivity index (χ2n) is 7.68. The van der Waals surface area contributed by atoms with E-state index in [1.54, 1.807) is 12.1 Å². The zero-order chi connectivity index (χ0) is 20.1. The summed E-state index contributed by atoms with van der Waals surface area (Å²) >= 11 is -1.83. The van der Waals surface area contributed by atoms with Crippen molar-refractivity contribution in [3.63, 3.8) is 0 Å². The van der Waals surface area contributed by atoms with Crippen LogP contribution in [0.3, 0.4) is 0 Å². The molecule has 2 aliphatic rings. The fourth-order valence-corrected chi connectivity index (χ4v) is 4.53. The Hall–Kier alpha value is -2.51. The lowest BCUT2D eigenvalue weighted by atomic mass is 10.1. The van der Waals surface area contributed by atoms with Crippen LogP contribution < -0.4 is 9.46 Å². The maximum absolute atomic E-state index is 14.4. The molecule has 0 spiro atoms. The number of carbonyl (C=O) groups is 1. The Morgan fingerprint density at radius 3 is 2.55 bits per heavy atom. The largest absolute Gasteiger partial charge is 0.588 e. The highest BCUT2D eigenvalue weighted by Crippen LogP contribution is 2.43. The number of rotatable bonds is 6. The number of ether oxygens (including phenoxy) is 1. The van der Waals surface area contributed by atoms with Gasteiger partial charge in [0.2, 0.25) is 4.90 Å². The van der Waals surface area contributed by atoms with E-state index < -0.39 is 23.1 Å². The molecule has 1 amide bonds. The first-order chi connectivity index (χ1) is 14.0. The maximum atomic E-state index is 14.4. The second-order valence-corrected chi connectivity index (χ2v) is 8.87. The number of hydrogen-bond donors (Lipinski definition) is 1. The van der Waals surface area contributed by atoms with Crippen LogP contribution in [0.1, 0.15) is 59.2 Å². The van der Waals surface area contributed by atoms with Crippen molar-refractivity contribution in [1.29, 1.82) is 0 Å². The Balaban J connectivity index is 1.40. The quantitative estimate of drug-likeness (QED) is 0.590. The molecule has 0 bridgehead atoms. The molecule has 2 aromatic carbocycles. The smallest absolute Gasteiger partial charge is 0.328 e. The van der Waals surface area contributed by atoms with E-state index >= 15 is 0 Å². The Labute approximate surface area is 170 Å². The summed E-state index contributed by atoms with van der Waals surface area (Å²) in [5.74, 6) is 0.148. The molecular formula is C22H20FNO4S. The van der Waals surface area contributed by atoms with Gasteiger partial charge in [-0.2, -0.15) is 4.72 Å². The number of fused-ring (bicyclic) bond motifs is 1. The van der Waals surface area contributed by atoms with Gasteiger partial charge in [0.1, 0.15) is 22.8 Å². The van der Waals surface area contributed by atoms with Gasteiger partial charge in [0.05, 0.1) is 12.5 Å². The molecule has 5 rings (SSSR count). The minimum atomic E-state index is -1.83. The van der Waals surface area contributed by atoms with Crippen molar-refractivity contribution in [3.8, 4) is 5.75 Å².